The van der Waals surface area contributed by atoms with Crippen molar-refractivity contribution in [2.24, 2.45) is 22.7 Å². The number of aromatic nitrogens is 1. The molecular weight excluding hydrogens is 382 g/mol. The first-order chi connectivity index (χ1) is 14.6. The van der Waals surface area contributed by atoms with E-state index in [2.05, 4.69) is 63.2 Å². The minimum Gasteiger partial charge on any atom is -0.390 e. The number of para-hydroxylation sites is 1. The maximum Gasteiger partial charge on any atom is 0.140 e. The highest BCUT2D eigenvalue weighted by Crippen LogP contribution is 2.66. The van der Waals surface area contributed by atoms with Crippen molar-refractivity contribution in [2.45, 2.75) is 85.2 Å². The predicted molar refractivity (Wildman–Crippen MR) is 128 cm³/mol. The first-order valence-electron chi connectivity index (χ1n) is 12.1. The number of H-pyrrole nitrogens is 1. The number of allylic oxidation sites excluding steroid dienone is 2. The van der Waals surface area contributed by atoms with Crippen molar-refractivity contribution in [1.29, 1.82) is 0 Å². The van der Waals surface area contributed by atoms with E-state index in [0.29, 0.717) is 18.1 Å². The van der Waals surface area contributed by atoms with Gasteiger partial charge in [0.15, 0.2) is 0 Å². The Morgan fingerprint density at radius 2 is 1.97 bits per heavy atom. The molecule has 5 unspecified atom stereocenters. The van der Waals surface area contributed by atoms with Crippen LogP contribution >= 0.6 is 0 Å². The van der Waals surface area contributed by atoms with Gasteiger partial charge in [-0.2, -0.15) is 0 Å². The van der Waals surface area contributed by atoms with Gasteiger partial charge in [0.05, 0.1) is 5.60 Å². The molecule has 0 spiro atoms. The maximum atomic E-state index is 13.9. The highest BCUT2D eigenvalue weighted by Gasteiger charge is 2.66. The molecule has 2 N–H and O–H groups in total. The quantitative estimate of drug-likeness (QED) is 0.534. The predicted octanol–water partition coefficient (Wildman–Crippen LogP) is 6.61. The first kappa shape index (κ1) is 22.3. The van der Waals surface area contributed by atoms with E-state index in [1.807, 2.05) is 13.0 Å². The molecule has 0 saturated heterocycles. The third kappa shape index (κ3) is 3.50. The van der Waals surface area contributed by atoms with Gasteiger partial charge in [-0.05, 0) is 82.3 Å². The molecular formula is C28H39NO2. The lowest BCUT2D eigenvalue weighted by atomic mass is 9.39. The average Bonchev–Trinajstić information content (AvgIpc) is 3.13. The molecule has 0 radical (unpaired) electrons. The third-order valence-electron chi connectivity index (χ3n) is 9.10. The van der Waals surface area contributed by atoms with Crippen molar-refractivity contribution in [3.05, 3.63) is 47.7 Å². The smallest absolute Gasteiger partial charge is 0.140 e. The summed E-state index contributed by atoms with van der Waals surface area (Å²) in [7, 11) is 0. The van der Waals surface area contributed by atoms with E-state index in [4.69, 9.17) is 0 Å². The van der Waals surface area contributed by atoms with E-state index in [1.54, 1.807) is 0 Å². The normalized spacial score (nSPS) is 35.7. The van der Waals surface area contributed by atoms with Crippen molar-refractivity contribution in [3.8, 4) is 0 Å². The summed E-state index contributed by atoms with van der Waals surface area (Å²) in [5.74, 6) is 0.789. The molecule has 0 aliphatic heterocycles. The number of aromatic amines is 1. The van der Waals surface area contributed by atoms with Crippen molar-refractivity contribution in [2.75, 3.05) is 0 Å². The van der Waals surface area contributed by atoms with E-state index in [0.717, 1.165) is 44.0 Å². The molecule has 1 aromatic heterocycles. The Labute approximate surface area is 187 Å². The minimum atomic E-state index is -0.852. The van der Waals surface area contributed by atoms with Crippen LogP contribution in [0.5, 0.6) is 0 Å². The molecule has 2 aliphatic carbocycles. The second-order valence-electron chi connectivity index (χ2n) is 11.0. The number of ketones is 1. The number of Topliss-reactive ketones (excluding diaryl/α,β-unsaturated/α-hetero) is 1. The third-order valence-corrected chi connectivity index (χ3v) is 9.10. The van der Waals surface area contributed by atoms with E-state index < -0.39 is 11.0 Å². The Morgan fingerprint density at radius 3 is 2.71 bits per heavy atom. The zero-order chi connectivity index (χ0) is 22.4. The number of hydrogen-bond donors (Lipinski definition) is 2. The van der Waals surface area contributed by atoms with Gasteiger partial charge in [0.25, 0.3) is 0 Å². The molecule has 1 aromatic carbocycles. The zero-order valence-electron chi connectivity index (χ0n) is 19.9. The SMILES string of the molecule is CC(C)=CCCC12C(=O)CCC(C)C1(C)CCC(C)(O)C2Cc1c[nH]c2ccccc12. The van der Waals surface area contributed by atoms with Crippen LogP contribution in [0.4, 0.5) is 0 Å². The molecule has 31 heavy (non-hydrogen) atoms. The van der Waals surface area contributed by atoms with E-state index in [1.165, 1.54) is 16.5 Å². The summed E-state index contributed by atoms with van der Waals surface area (Å²) in [5, 5.41) is 13.0. The van der Waals surface area contributed by atoms with Gasteiger partial charge in [-0.15, -0.1) is 0 Å². The number of carbonyl (C=O) groups excluding carboxylic acids is 1. The highest BCUT2D eigenvalue weighted by molar-refractivity contribution is 5.88. The number of aliphatic hydroxyl groups is 1. The number of carbonyl (C=O) groups is 1. The van der Waals surface area contributed by atoms with E-state index in [-0.39, 0.29) is 11.3 Å². The summed E-state index contributed by atoms with van der Waals surface area (Å²) in [4.78, 5) is 17.3. The zero-order valence-corrected chi connectivity index (χ0v) is 19.9. The Morgan fingerprint density at radius 1 is 1.23 bits per heavy atom. The number of hydrogen-bond acceptors (Lipinski definition) is 2. The fraction of sp³-hybridized carbons (Fsp3) is 0.607. The van der Waals surface area contributed by atoms with E-state index >= 15 is 0 Å². The first-order valence-corrected chi connectivity index (χ1v) is 12.1. The Kier molecular flexibility index (Phi) is 5.70. The van der Waals surface area contributed by atoms with Gasteiger partial charge in [-0.1, -0.05) is 43.7 Å². The second-order valence-corrected chi connectivity index (χ2v) is 11.0. The molecule has 2 saturated carbocycles. The standard InChI is InChI=1S/C28H39NO2/c1-19(2)9-8-14-28-24(17-21-18-29-23-11-7-6-10-22(21)23)27(5,31)16-15-26(28,4)20(3)12-13-25(28)30/h6-7,9-11,18,20,24,29,31H,8,12-17H2,1-5H3. The lowest BCUT2D eigenvalue weighted by Crippen LogP contribution is -2.65. The Bertz CT molecular complexity index is 995. The summed E-state index contributed by atoms with van der Waals surface area (Å²) in [6.07, 6.45) is 10.1. The second kappa shape index (κ2) is 7.92. The highest BCUT2D eigenvalue weighted by atomic mass is 16.3. The largest absolute Gasteiger partial charge is 0.390 e. The van der Waals surface area contributed by atoms with Crippen LogP contribution in [0.25, 0.3) is 10.9 Å². The maximum absolute atomic E-state index is 13.9. The monoisotopic (exact) mass is 421 g/mol. The van der Waals surface area contributed by atoms with Crippen LogP contribution < -0.4 is 0 Å². The van der Waals surface area contributed by atoms with Gasteiger partial charge < -0.3 is 10.1 Å². The van der Waals surface area contributed by atoms with Gasteiger partial charge in [-0.25, -0.2) is 0 Å². The molecule has 2 fully saturated rings. The molecule has 168 valence electrons. The summed E-state index contributed by atoms with van der Waals surface area (Å²) in [6.45, 7) is 10.9. The van der Waals surface area contributed by atoms with Crippen molar-refractivity contribution in [3.63, 3.8) is 0 Å². The van der Waals surface area contributed by atoms with E-state index in [9.17, 15) is 9.90 Å². The van der Waals surface area contributed by atoms with Crippen LogP contribution in [0.3, 0.4) is 0 Å². The topological polar surface area (TPSA) is 53.1 Å². The molecule has 4 rings (SSSR count). The van der Waals surface area contributed by atoms with Gasteiger partial charge in [0, 0.05) is 34.9 Å². The molecule has 5 atom stereocenters. The van der Waals surface area contributed by atoms with Gasteiger partial charge >= 0.3 is 0 Å². The van der Waals surface area contributed by atoms with Gasteiger partial charge in [0.2, 0.25) is 0 Å². The lowest BCUT2D eigenvalue weighted by Gasteiger charge is -2.64. The van der Waals surface area contributed by atoms with Gasteiger partial charge in [0.1, 0.15) is 5.78 Å². The summed E-state index contributed by atoms with van der Waals surface area (Å²) in [6, 6.07) is 8.37. The van der Waals surface area contributed by atoms with Crippen molar-refractivity contribution < 1.29 is 9.90 Å². The van der Waals surface area contributed by atoms with Crippen LogP contribution in [-0.2, 0) is 11.2 Å². The minimum absolute atomic E-state index is 0.0726. The molecule has 2 aliphatic rings. The summed E-state index contributed by atoms with van der Waals surface area (Å²) >= 11 is 0. The number of rotatable bonds is 5. The van der Waals surface area contributed by atoms with Crippen LogP contribution in [0.1, 0.15) is 78.7 Å². The number of benzene rings is 1. The molecule has 0 bridgehead atoms. The average molecular weight is 422 g/mol. The molecule has 3 nitrogen and oxygen atoms in total. The Hall–Kier alpha value is -1.87. The van der Waals surface area contributed by atoms with Crippen molar-refractivity contribution in [1.82, 2.24) is 4.98 Å². The number of fused-ring (bicyclic) bond motifs is 2. The summed E-state index contributed by atoms with van der Waals surface area (Å²) in [5.41, 5.74) is 2.23. The summed E-state index contributed by atoms with van der Waals surface area (Å²) < 4.78 is 0. The fourth-order valence-corrected chi connectivity index (χ4v) is 7.03. The fourth-order valence-electron chi connectivity index (χ4n) is 7.03. The van der Waals surface area contributed by atoms with Crippen LogP contribution in [0.15, 0.2) is 42.1 Å². The van der Waals surface area contributed by atoms with Gasteiger partial charge in [-0.3, -0.25) is 4.79 Å². The van der Waals surface area contributed by atoms with Crippen molar-refractivity contribution >= 4 is 16.7 Å². The number of nitrogens with one attached hydrogen (secondary N) is 1. The molecule has 3 heteroatoms. The van der Waals surface area contributed by atoms with Crippen LogP contribution in [-0.4, -0.2) is 21.5 Å². The Balaban J connectivity index is 1.85. The molecule has 0 amide bonds. The van der Waals surface area contributed by atoms with Crippen LogP contribution in [0.2, 0.25) is 0 Å². The van der Waals surface area contributed by atoms with Crippen LogP contribution in [0, 0.1) is 22.7 Å². The molecule has 2 aromatic rings. The lowest BCUT2D eigenvalue weighted by molar-refractivity contribution is -0.202. The molecule has 1 heterocycles.